The van der Waals surface area contributed by atoms with E-state index < -0.39 is 15.9 Å². The first kappa shape index (κ1) is 21.6. The Labute approximate surface area is 175 Å². The number of sulfonamides is 1. The molecule has 1 fully saturated rings. The number of hydrogen-bond donors (Lipinski definition) is 2. The molecule has 1 aliphatic heterocycles. The van der Waals surface area contributed by atoms with Crippen molar-refractivity contribution in [2.75, 3.05) is 45.2 Å². The zero-order valence-electron chi connectivity index (χ0n) is 16.7. The Hall–Kier alpha value is -3.11. The van der Waals surface area contributed by atoms with Crippen LogP contribution in [0.5, 0.6) is 5.75 Å². The van der Waals surface area contributed by atoms with Crippen LogP contribution >= 0.6 is 0 Å². The summed E-state index contributed by atoms with van der Waals surface area (Å²) in [5.74, 6) is -0.514. The average Bonchev–Trinajstić information content (AvgIpc) is 2.78. The normalized spacial score (nSPS) is 14.1. The summed E-state index contributed by atoms with van der Waals surface area (Å²) in [6.45, 7) is 1.75. The molecule has 2 aromatic carbocycles. The Kier molecular flexibility index (Phi) is 6.58. The van der Waals surface area contributed by atoms with Crippen LogP contribution in [0.25, 0.3) is 0 Å². The number of morpholine rings is 1. The maximum absolute atomic E-state index is 13.0. The zero-order valence-corrected chi connectivity index (χ0v) is 17.5. The fraction of sp³-hybridized carbons (Fsp3) is 0.300. The number of hydrogen-bond acceptors (Lipinski definition) is 6. The number of carbonyl (C=O) groups is 2. The molecule has 10 heteroatoms. The lowest BCUT2D eigenvalue weighted by molar-refractivity contribution is 0.0303. The van der Waals surface area contributed by atoms with Crippen molar-refractivity contribution in [1.29, 1.82) is 0 Å². The Balaban J connectivity index is 1.93. The molecule has 9 nitrogen and oxygen atoms in total. The van der Waals surface area contributed by atoms with Gasteiger partial charge in [-0.05, 0) is 30.3 Å². The first-order chi connectivity index (χ1) is 14.4. The maximum atomic E-state index is 13.0. The molecule has 0 spiro atoms. The van der Waals surface area contributed by atoms with Gasteiger partial charge in [-0.25, -0.2) is 8.42 Å². The van der Waals surface area contributed by atoms with Gasteiger partial charge in [-0.3, -0.25) is 14.3 Å². The predicted octanol–water partition coefficient (Wildman–Crippen LogP) is 1.33. The number of nitrogens with one attached hydrogen (secondary N) is 2. The molecule has 3 rings (SSSR count). The zero-order chi connectivity index (χ0) is 21.7. The number of para-hydroxylation sites is 1. The van der Waals surface area contributed by atoms with Crippen LogP contribution in [0.3, 0.4) is 0 Å². The van der Waals surface area contributed by atoms with E-state index in [1.54, 1.807) is 23.1 Å². The molecule has 0 bridgehead atoms. The monoisotopic (exact) mass is 433 g/mol. The lowest BCUT2D eigenvalue weighted by Gasteiger charge is -2.27. The molecule has 160 valence electrons. The van der Waals surface area contributed by atoms with Crippen molar-refractivity contribution in [1.82, 2.24) is 10.2 Å². The minimum absolute atomic E-state index is 0.0838. The summed E-state index contributed by atoms with van der Waals surface area (Å²) >= 11 is 0. The highest BCUT2D eigenvalue weighted by Crippen LogP contribution is 2.26. The maximum Gasteiger partial charge on any atom is 0.261 e. The van der Waals surface area contributed by atoms with Crippen molar-refractivity contribution in [3.05, 3.63) is 53.6 Å². The van der Waals surface area contributed by atoms with Crippen LogP contribution in [-0.4, -0.2) is 65.6 Å². The molecular formula is C20H23N3O6S. The van der Waals surface area contributed by atoms with Crippen LogP contribution < -0.4 is 14.8 Å². The molecule has 0 unspecified atom stereocenters. The van der Waals surface area contributed by atoms with Crippen LogP contribution in [0, 0.1) is 0 Å². The van der Waals surface area contributed by atoms with Crippen LogP contribution in [-0.2, 0) is 14.8 Å². The average molecular weight is 433 g/mol. The number of carbonyl (C=O) groups excluding carboxylic acids is 2. The van der Waals surface area contributed by atoms with Gasteiger partial charge in [0.2, 0.25) is 0 Å². The summed E-state index contributed by atoms with van der Waals surface area (Å²) in [5.41, 5.74) is 0.481. The first-order valence-electron chi connectivity index (χ1n) is 9.26. The summed E-state index contributed by atoms with van der Waals surface area (Å²) in [6, 6.07) is 10.4. The third kappa shape index (κ3) is 4.55. The Bertz CT molecular complexity index is 1050. The van der Waals surface area contributed by atoms with E-state index in [-0.39, 0.29) is 33.4 Å². The van der Waals surface area contributed by atoms with Crippen molar-refractivity contribution >= 4 is 27.5 Å². The SMILES string of the molecule is CNC(=O)c1cc(S(=O)(=O)Nc2ccccc2C(=O)N2CCOCC2)ccc1OC. The second-order valence-corrected chi connectivity index (χ2v) is 8.18. The number of ether oxygens (including phenoxy) is 2. The molecule has 0 atom stereocenters. The van der Waals surface area contributed by atoms with Crippen molar-refractivity contribution in [3.63, 3.8) is 0 Å². The minimum atomic E-state index is -4.07. The van der Waals surface area contributed by atoms with E-state index in [0.29, 0.717) is 26.3 Å². The van der Waals surface area contributed by atoms with E-state index >= 15 is 0 Å². The molecule has 0 saturated carbocycles. The van der Waals surface area contributed by atoms with E-state index in [2.05, 4.69) is 10.0 Å². The lowest BCUT2D eigenvalue weighted by Crippen LogP contribution is -2.41. The van der Waals surface area contributed by atoms with Gasteiger partial charge in [-0.1, -0.05) is 12.1 Å². The molecule has 30 heavy (non-hydrogen) atoms. The van der Waals surface area contributed by atoms with E-state index in [9.17, 15) is 18.0 Å². The molecule has 0 aromatic heterocycles. The molecule has 1 saturated heterocycles. The topological polar surface area (TPSA) is 114 Å². The molecule has 0 aliphatic carbocycles. The molecular weight excluding hydrogens is 410 g/mol. The van der Waals surface area contributed by atoms with Crippen molar-refractivity contribution in [2.45, 2.75) is 4.90 Å². The van der Waals surface area contributed by atoms with Gasteiger partial charge in [0.15, 0.2) is 0 Å². The van der Waals surface area contributed by atoms with Gasteiger partial charge in [-0.15, -0.1) is 0 Å². The van der Waals surface area contributed by atoms with E-state index in [0.717, 1.165) is 0 Å². The van der Waals surface area contributed by atoms with E-state index in [1.807, 2.05) is 0 Å². The lowest BCUT2D eigenvalue weighted by atomic mass is 10.1. The molecule has 1 heterocycles. The molecule has 2 aromatic rings. The highest BCUT2D eigenvalue weighted by Gasteiger charge is 2.24. The molecule has 1 aliphatic rings. The van der Waals surface area contributed by atoms with Gasteiger partial charge in [0.1, 0.15) is 5.75 Å². The van der Waals surface area contributed by atoms with Gasteiger partial charge in [-0.2, -0.15) is 0 Å². The number of rotatable bonds is 6. The van der Waals surface area contributed by atoms with E-state index in [1.165, 1.54) is 38.4 Å². The molecule has 2 amide bonds. The number of anilines is 1. The van der Waals surface area contributed by atoms with Crippen molar-refractivity contribution in [2.24, 2.45) is 0 Å². The van der Waals surface area contributed by atoms with Gasteiger partial charge in [0, 0.05) is 20.1 Å². The summed E-state index contributed by atoms with van der Waals surface area (Å²) < 4.78 is 38.8. The Morgan fingerprint density at radius 1 is 1.07 bits per heavy atom. The van der Waals surface area contributed by atoms with Crippen molar-refractivity contribution < 1.29 is 27.5 Å². The van der Waals surface area contributed by atoms with Crippen LogP contribution in [0.15, 0.2) is 47.4 Å². The number of nitrogens with zero attached hydrogens (tertiary/aromatic N) is 1. The van der Waals surface area contributed by atoms with Crippen LogP contribution in [0.4, 0.5) is 5.69 Å². The standard InChI is InChI=1S/C20H23N3O6S/c1-21-19(24)16-13-14(7-8-18(16)28-2)30(26,27)22-17-6-4-3-5-15(17)20(25)23-9-11-29-12-10-23/h3-8,13,22H,9-12H2,1-2H3,(H,21,24). The van der Waals surface area contributed by atoms with Gasteiger partial charge in [0.25, 0.3) is 21.8 Å². The summed E-state index contributed by atoms with van der Waals surface area (Å²) in [6.07, 6.45) is 0. The third-order valence-corrected chi connectivity index (χ3v) is 6.02. The summed E-state index contributed by atoms with van der Waals surface area (Å²) in [7, 11) is -1.24. The number of methoxy groups -OCH3 is 1. The molecule has 0 radical (unpaired) electrons. The largest absolute Gasteiger partial charge is 0.496 e. The minimum Gasteiger partial charge on any atom is -0.496 e. The third-order valence-electron chi connectivity index (χ3n) is 4.65. The fourth-order valence-electron chi connectivity index (χ4n) is 3.07. The highest BCUT2D eigenvalue weighted by molar-refractivity contribution is 7.92. The highest BCUT2D eigenvalue weighted by atomic mass is 32.2. The summed E-state index contributed by atoms with van der Waals surface area (Å²) in [5, 5.41) is 2.45. The van der Waals surface area contributed by atoms with Crippen LogP contribution in [0.2, 0.25) is 0 Å². The molecule has 2 N–H and O–H groups in total. The second kappa shape index (κ2) is 9.14. The van der Waals surface area contributed by atoms with Crippen LogP contribution in [0.1, 0.15) is 20.7 Å². The first-order valence-corrected chi connectivity index (χ1v) is 10.7. The van der Waals surface area contributed by atoms with E-state index in [4.69, 9.17) is 9.47 Å². The smallest absolute Gasteiger partial charge is 0.261 e. The van der Waals surface area contributed by atoms with Gasteiger partial charge >= 0.3 is 0 Å². The summed E-state index contributed by atoms with van der Waals surface area (Å²) in [4.78, 5) is 26.4. The second-order valence-electron chi connectivity index (χ2n) is 6.50. The quantitative estimate of drug-likeness (QED) is 0.710. The van der Waals surface area contributed by atoms with Gasteiger partial charge in [0.05, 0.1) is 42.0 Å². The number of amides is 2. The van der Waals surface area contributed by atoms with Gasteiger partial charge < -0.3 is 19.7 Å². The fourth-order valence-corrected chi connectivity index (χ4v) is 4.17. The van der Waals surface area contributed by atoms with Crippen molar-refractivity contribution in [3.8, 4) is 5.75 Å². The number of benzene rings is 2. The predicted molar refractivity (Wildman–Crippen MR) is 110 cm³/mol. The Morgan fingerprint density at radius 2 is 1.77 bits per heavy atom. The Morgan fingerprint density at radius 3 is 2.43 bits per heavy atom.